The van der Waals surface area contributed by atoms with Crippen molar-refractivity contribution in [3.05, 3.63) is 48.0 Å². The molecule has 1 atom stereocenters. The molecule has 1 aromatic heterocycles. The summed E-state index contributed by atoms with van der Waals surface area (Å²) in [6, 6.07) is 4.10. The molecule has 2 heterocycles. The van der Waals surface area contributed by atoms with Crippen molar-refractivity contribution in [2.75, 3.05) is 13.1 Å². The van der Waals surface area contributed by atoms with E-state index in [0.29, 0.717) is 31.5 Å². The van der Waals surface area contributed by atoms with Gasteiger partial charge in [-0.2, -0.15) is 18.3 Å². The first-order valence-corrected chi connectivity index (χ1v) is 8.89. The van der Waals surface area contributed by atoms with Crippen molar-refractivity contribution >= 4 is 11.8 Å². The molecule has 150 valence electrons. The van der Waals surface area contributed by atoms with Crippen molar-refractivity contribution < 1.29 is 22.8 Å². The summed E-state index contributed by atoms with van der Waals surface area (Å²) in [4.78, 5) is 29.7. The standard InChI is InChI=1S/C18H20F3N5O2/c19-18(20,21)14-4-1-3-13(9-14)15(10-25-7-2-5-17(25)28)24-16(27)6-8-26-12-22-11-23-26/h1,3-4,9,11-12,15H,2,5-8,10H2,(H,24,27)/t15-/m0/s1. The molecule has 1 aliphatic rings. The second kappa shape index (κ2) is 8.41. The van der Waals surface area contributed by atoms with Gasteiger partial charge >= 0.3 is 6.18 Å². The van der Waals surface area contributed by atoms with Gasteiger partial charge in [0.2, 0.25) is 11.8 Å². The number of hydrogen-bond donors (Lipinski definition) is 1. The van der Waals surface area contributed by atoms with E-state index in [-0.39, 0.29) is 24.8 Å². The van der Waals surface area contributed by atoms with Crippen molar-refractivity contribution in [3.8, 4) is 0 Å². The molecule has 0 aliphatic carbocycles. The maximum atomic E-state index is 13.1. The second-order valence-corrected chi connectivity index (χ2v) is 6.60. The van der Waals surface area contributed by atoms with Crippen LogP contribution in [0.25, 0.3) is 0 Å². The number of carbonyl (C=O) groups excluding carboxylic acids is 2. The van der Waals surface area contributed by atoms with Gasteiger partial charge in [0, 0.05) is 25.9 Å². The summed E-state index contributed by atoms with van der Waals surface area (Å²) in [5.74, 6) is -0.404. The number of aryl methyl sites for hydroxylation is 1. The van der Waals surface area contributed by atoms with E-state index in [0.717, 1.165) is 12.1 Å². The molecule has 7 nitrogen and oxygen atoms in total. The van der Waals surface area contributed by atoms with Gasteiger partial charge in [-0.3, -0.25) is 14.3 Å². The van der Waals surface area contributed by atoms with Crippen LogP contribution in [0.2, 0.25) is 0 Å². The van der Waals surface area contributed by atoms with Gasteiger partial charge in [0.05, 0.1) is 18.2 Å². The van der Waals surface area contributed by atoms with Crippen LogP contribution in [0.3, 0.4) is 0 Å². The van der Waals surface area contributed by atoms with Crippen LogP contribution < -0.4 is 5.32 Å². The maximum absolute atomic E-state index is 13.1. The Bertz CT molecular complexity index is 823. The number of hydrogen-bond acceptors (Lipinski definition) is 4. The van der Waals surface area contributed by atoms with Gasteiger partial charge in [0.25, 0.3) is 0 Å². The molecule has 1 aromatic carbocycles. The van der Waals surface area contributed by atoms with E-state index < -0.39 is 17.8 Å². The lowest BCUT2D eigenvalue weighted by atomic mass is 10.0. The molecular weight excluding hydrogens is 375 g/mol. The summed E-state index contributed by atoms with van der Waals surface area (Å²) >= 11 is 0. The molecule has 2 aromatic rings. The number of rotatable bonds is 7. The summed E-state index contributed by atoms with van der Waals surface area (Å²) < 4.78 is 40.7. The predicted molar refractivity (Wildman–Crippen MR) is 92.8 cm³/mol. The number of nitrogens with zero attached hydrogens (tertiary/aromatic N) is 4. The van der Waals surface area contributed by atoms with Crippen molar-refractivity contribution in [1.82, 2.24) is 25.0 Å². The minimum absolute atomic E-state index is 0.0613. The number of alkyl halides is 3. The Morgan fingerprint density at radius 2 is 2.14 bits per heavy atom. The zero-order valence-corrected chi connectivity index (χ0v) is 15.0. The topological polar surface area (TPSA) is 80.1 Å². The third-order valence-electron chi connectivity index (χ3n) is 4.56. The van der Waals surface area contributed by atoms with E-state index >= 15 is 0 Å². The quantitative estimate of drug-likeness (QED) is 0.779. The molecule has 3 rings (SSSR count). The van der Waals surface area contributed by atoms with Crippen molar-refractivity contribution in [3.63, 3.8) is 0 Å². The predicted octanol–water partition coefficient (Wildman–Crippen LogP) is 2.17. The van der Waals surface area contributed by atoms with Gasteiger partial charge in [-0.1, -0.05) is 12.1 Å². The minimum atomic E-state index is -4.48. The van der Waals surface area contributed by atoms with E-state index in [9.17, 15) is 22.8 Å². The van der Waals surface area contributed by atoms with E-state index in [1.54, 1.807) is 4.90 Å². The van der Waals surface area contributed by atoms with Crippen LogP contribution in [0.4, 0.5) is 13.2 Å². The van der Waals surface area contributed by atoms with E-state index in [2.05, 4.69) is 15.4 Å². The maximum Gasteiger partial charge on any atom is 0.416 e. The number of nitrogens with one attached hydrogen (secondary N) is 1. The molecule has 0 bridgehead atoms. The van der Waals surface area contributed by atoms with Crippen molar-refractivity contribution in [1.29, 1.82) is 0 Å². The Hall–Kier alpha value is -2.91. The molecule has 1 aliphatic heterocycles. The summed E-state index contributed by atoms with van der Waals surface area (Å²) in [6.45, 7) is 0.960. The fourth-order valence-corrected chi connectivity index (χ4v) is 3.11. The van der Waals surface area contributed by atoms with Crippen LogP contribution in [0, 0.1) is 0 Å². The van der Waals surface area contributed by atoms with Crippen LogP contribution in [0.5, 0.6) is 0 Å². The second-order valence-electron chi connectivity index (χ2n) is 6.60. The number of amides is 2. The van der Waals surface area contributed by atoms with Crippen LogP contribution in [-0.2, 0) is 22.3 Å². The fourth-order valence-electron chi connectivity index (χ4n) is 3.11. The van der Waals surface area contributed by atoms with Gasteiger partial charge in [-0.05, 0) is 24.1 Å². The molecule has 0 saturated carbocycles. The highest BCUT2D eigenvalue weighted by Crippen LogP contribution is 2.31. The Balaban J connectivity index is 1.74. The molecule has 10 heteroatoms. The number of benzene rings is 1. The summed E-state index contributed by atoms with van der Waals surface area (Å²) in [5, 5.41) is 6.67. The zero-order chi connectivity index (χ0) is 20.1. The number of halogens is 3. The van der Waals surface area contributed by atoms with E-state index in [1.807, 2.05) is 0 Å². The lowest BCUT2D eigenvalue weighted by Gasteiger charge is -2.26. The summed E-state index contributed by atoms with van der Waals surface area (Å²) in [6.07, 6.45) is -0.458. The van der Waals surface area contributed by atoms with Crippen LogP contribution in [0.1, 0.15) is 36.4 Å². The SMILES string of the molecule is O=C(CCn1cncn1)N[C@@H](CN1CCCC1=O)c1cccc(C(F)(F)F)c1. The first-order chi connectivity index (χ1) is 13.3. The van der Waals surface area contributed by atoms with Gasteiger partial charge in [-0.15, -0.1) is 0 Å². The highest BCUT2D eigenvalue weighted by Gasteiger charge is 2.32. The van der Waals surface area contributed by atoms with Gasteiger partial charge in [-0.25, -0.2) is 4.98 Å². The largest absolute Gasteiger partial charge is 0.416 e. The Morgan fingerprint density at radius 3 is 2.79 bits per heavy atom. The normalized spacial score (nSPS) is 15.7. The molecule has 1 fully saturated rings. The molecule has 28 heavy (non-hydrogen) atoms. The first-order valence-electron chi connectivity index (χ1n) is 8.89. The smallest absolute Gasteiger partial charge is 0.347 e. The Labute approximate surface area is 159 Å². The molecule has 0 radical (unpaired) electrons. The molecule has 0 spiro atoms. The average molecular weight is 395 g/mol. The molecule has 1 saturated heterocycles. The number of carbonyl (C=O) groups is 2. The highest BCUT2D eigenvalue weighted by molar-refractivity contribution is 5.79. The number of aromatic nitrogens is 3. The van der Waals surface area contributed by atoms with Crippen LogP contribution in [0.15, 0.2) is 36.9 Å². The van der Waals surface area contributed by atoms with Crippen LogP contribution >= 0.6 is 0 Å². The first kappa shape index (κ1) is 19.8. The lowest BCUT2D eigenvalue weighted by molar-refractivity contribution is -0.137. The Morgan fingerprint density at radius 1 is 1.32 bits per heavy atom. The summed E-state index contributed by atoms with van der Waals surface area (Å²) in [5.41, 5.74) is -0.483. The monoisotopic (exact) mass is 395 g/mol. The zero-order valence-electron chi connectivity index (χ0n) is 15.0. The molecule has 2 amide bonds. The molecule has 0 unspecified atom stereocenters. The van der Waals surface area contributed by atoms with Crippen LogP contribution in [-0.4, -0.2) is 44.6 Å². The lowest BCUT2D eigenvalue weighted by Crippen LogP contribution is -2.39. The fraction of sp³-hybridized carbons (Fsp3) is 0.444. The number of likely N-dealkylation sites (tertiary alicyclic amines) is 1. The van der Waals surface area contributed by atoms with E-state index in [4.69, 9.17) is 0 Å². The highest BCUT2D eigenvalue weighted by atomic mass is 19.4. The molecular formula is C18H20F3N5O2. The average Bonchev–Trinajstić information content (AvgIpc) is 3.31. The Kier molecular flexibility index (Phi) is 5.96. The van der Waals surface area contributed by atoms with Crippen molar-refractivity contribution in [2.45, 2.75) is 38.0 Å². The third kappa shape index (κ3) is 5.08. The molecule has 1 N–H and O–H groups in total. The minimum Gasteiger partial charge on any atom is -0.347 e. The van der Waals surface area contributed by atoms with Crippen molar-refractivity contribution in [2.24, 2.45) is 0 Å². The van der Waals surface area contributed by atoms with Gasteiger partial charge in [0.1, 0.15) is 12.7 Å². The van der Waals surface area contributed by atoms with Gasteiger partial charge < -0.3 is 10.2 Å². The summed E-state index contributed by atoms with van der Waals surface area (Å²) in [7, 11) is 0. The third-order valence-corrected chi connectivity index (χ3v) is 4.56. The van der Waals surface area contributed by atoms with Gasteiger partial charge in [0.15, 0.2) is 0 Å². The van der Waals surface area contributed by atoms with E-state index in [1.165, 1.54) is 29.5 Å².